The van der Waals surface area contributed by atoms with Gasteiger partial charge in [-0.05, 0) is 57.9 Å². The number of carbonyl (C=O) groups is 3. The number of hydrogen-bond acceptors (Lipinski definition) is 7. The van der Waals surface area contributed by atoms with Crippen LogP contribution in [0.15, 0.2) is 71.2 Å². The number of carbonyl (C=O) groups excluding carboxylic acids is 3. The predicted octanol–water partition coefficient (Wildman–Crippen LogP) is 4.46. The maximum Gasteiger partial charge on any atom is 0.240 e. The van der Waals surface area contributed by atoms with E-state index in [2.05, 4.69) is 15.9 Å². The number of ether oxygens (including phenoxy) is 3. The maximum absolute atomic E-state index is 14.2. The molecule has 0 spiro atoms. The molecule has 3 aromatic carbocycles. The summed E-state index contributed by atoms with van der Waals surface area (Å²) in [6.07, 6.45) is 3.90. The van der Waals surface area contributed by atoms with E-state index in [9.17, 15) is 14.4 Å². The van der Waals surface area contributed by atoms with E-state index in [1.54, 1.807) is 43.5 Å². The van der Waals surface area contributed by atoms with Crippen LogP contribution in [0.5, 0.6) is 17.2 Å². The second-order valence-corrected chi connectivity index (χ2v) is 10.4. The van der Waals surface area contributed by atoms with Gasteiger partial charge in [0.1, 0.15) is 11.8 Å². The van der Waals surface area contributed by atoms with E-state index in [4.69, 9.17) is 14.2 Å². The minimum atomic E-state index is -0.869. The first-order valence-electron chi connectivity index (χ1n) is 12.2. The lowest BCUT2D eigenvalue weighted by Crippen LogP contribution is -2.48. The van der Waals surface area contributed by atoms with Gasteiger partial charge in [0.05, 0.1) is 35.1 Å². The summed E-state index contributed by atoms with van der Waals surface area (Å²) in [7, 11) is 1.55. The van der Waals surface area contributed by atoms with E-state index in [1.807, 2.05) is 41.3 Å². The first-order chi connectivity index (χ1) is 18.5. The lowest BCUT2D eigenvalue weighted by molar-refractivity contribution is -0.122. The number of ketones is 1. The fourth-order valence-electron chi connectivity index (χ4n) is 6.08. The minimum absolute atomic E-state index is 0.0845. The zero-order valence-corrected chi connectivity index (χ0v) is 21.8. The van der Waals surface area contributed by atoms with Crippen molar-refractivity contribution >= 4 is 51.0 Å². The van der Waals surface area contributed by atoms with Gasteiger partial charge < -0.3 is 19.1 Å². The number of nitrogens with zero attached hydrogens (tertiary/aromatic N) is 2. The molecule has 0 N–H and O–H groups in total. The van der Waals surface area contributed by atoms with Crippen LogP contribution in [0.1, 0.15) is 15.9 Å². The molecule has 2 saturated heterocycles. The number of Topliss-reactive ketones (excluding diaryl/α,β-unsaturated/α-hetero) is 1. The van der Waals surface area contributed by atoms with Crippen molar-refractivity contribution in [1.29, 1.82) is 0 Å². The Kier molecular flexibility index (Phi) is 5.13. The second-order valence-electron chi connectivity index (χ2n) is 9.58. The fraction of sp³-hybridized carbons (Fsp3) is 0.207. The third kappa shape index (κ3) is 3.18. The molecule has 38 heavy (non-hydrogen) atoms. The van der Waals surface area contributed by atoms with Gasteiger partial charge in [-0.3, -0.25) is 14.4 Å². The summed E-state index contributed by atoms with van der Waals surface area (Å²) in [5, 5.41) is 0. The molecule has 190 valence electrons. The molecule has 0 radical (unpaired) electrons. The molecule has 3 aromatic rings. The fourth-order valence-corrected chi connectivity index (χ4v) is 6.62. The molecule has 0 saturated carbocycles. The van der Waals surface area contributed by atoms with Crippen molar-refractivity contribution in [3.05, 3.63) is 82.3 Å². The van der Waals surface area contributed by atoms with Crippen molar-refractivity contribution < 1.29 is 28.6 Å². The van der Waals surface area contributed by atoms with Gasteiger partial charge in [-0.2, -0.15) is 0 Å². The van der Waals surface area contributed by atoms with Crippen LogP contribution in [0.4, 0.5) is 11.4 Å². The van der Waals surface area contributed by atoms with Crippen molar-refractivity contribution in [2.24, 2.45) is 11.8 Å². The van der Waals surface area contributed by atoms with Crippen molar-refractivity contribution in [2.75, 3.05) is 23.7 Å². The van der Waals surface area contributed by atoms with E-state index in [-0.39, 0.29) is 18.5 Å². The normalized spacial score (nSPS) is 24.4. The molecule has 7 rings (SSSR count). The largest absolute Gasteiger partial charge is 0.496 e. The molecule has 9 heteroatoms. The molecule has 8 nitrogen and oxygen atoms in total. The number of fused-ring (bicyclic) bond motifs is 6. The number of para-hydroxylation sites is 1. The van der Waals surface area contributed by atoms with Gasteiger partial charge in [-0.15, -0.1) is 0 Å². The van der Waals surface area contributed by atoms with E-state index >= 15 is 0 Å². The summed E-state index contributed by atoms with van der Waals surface area (Å²) in [5.74, 6) is -0.904. The number of imide groups is 1. The Hall–Kier alpha value is -4.11. The zero-order valence-electron chi connectivity index (χ0n) is 20.2. The quantitative estimate of drug-likeness (QED) is 0.337. The summed E-state index contributed by atoms with van der Waals surface area (Å²) < 4.78 is 16.8. The Labute approximate surface area is 226 Å². The average Bonchev–Trinajstić information content (AvgIpc) is 3.61. The number of halogens is 1. The van der Waals surface area contributed by atoms with Gasteiger partial charge in [-0.25, -0.2) is 4.90 Å². The maximum atomic E-state index is 14.2. The Bertz CT molecular complexity index is 1570. The smallest absolute Gasteiger partial charge is 0.240 e. The monoisotopic (exact) mass is 572 g/mol. The Morgan fingerprint density at radius 3 is 2.58 bits per heavy atom. The van der Waals surface area contributed by atoms with E-state index in [0.29, 0.717) is 33.0 Å². The number of benzene rings is 3. The first kappa shape index (κ1) is 23.0. The van der Waals surface area contributed by atoms with Crippen LogP contribution in [-0.2, 0) is 9.59 Å². The van der Waals surface area contributed by atoms with Crippen molar-refractivity contribution in [3.8, 4) is 17.2 Å². The Morgan fingerprint density at radius 2 is 1.76 bits per heavy atom. The van der Waals surface area contributed by atoms with E-state index in [0.717, 1.165) is 11.3 Å². The Balaban J connectivity index is 1.35. The highest BCUT2D eigenvalue weighted by Crippen LogP contribution is 2.50. The van der Waals surface area contributed by atoms with Crippen LogP contribution in [0.2, 0.25) is 0 Å². The summed E-state index contributed by atoms with van der Waals surface area (Å²) in [6, 6.07) is 16.5. The van der Waals surface area contributed by atoms with Crippen molar-refractivity contribution in [1.82, 2.24) is 0 Å². The average molecular weight is 573 g/mol. The number of amides is 2. The van der Waals surface area contributed by atoms with Crippen molar-refractivity contribution in [2.45, 2.75) is 12.1 Å². The molecule has 4 heterocycles. The summed E-state index contributed by atoms with van der Waals surface area (Å²) in [6.45, 7) is 0.0845. The highest BCUT2D eigenvalue weighted by Gasteiger charge is 2.64. The summed E-state index contributed by atoms with van der Waals surface area (Å²) in [5.41, 5.74) is 2.60. The predicted molar refractivity (Wildman–Crippen MR) is 143 cm³/mol. The molecule has 0 aromatic heterocycles. The molecular formula is C29H21BrN2O6. The lowest BCUT2D eigenvalue weighted by atomic mass is 9.86. The molecule has 0 aliphatic carbocycles. The lowest BCUT2D eigenvalue weighted by Gasteiger charge is -2.36. The van der Waals surface area contributed by atoms with Crippen LogP contribution in [0, 0.1) is 11.8 Å². The van der Waals surface area contributed by atoms with Crippen LogP contribution >= 0.6 is 15.9 Å². The molecule has 2 amide bonds. The topological polar surface area (TPSA) is 85.4 Å². The number of rotatable bonds is 4. The number of anilines is 2. The van der Waals surface area contributed by atoms with E-state index < -0.39 is 29.8 Å². The third-order valence-corrected chi connectivity index (χ3v) is 8.35. The van der Waals surface area contributed by atoms with Crippen molar-refractivity contribution in [3.63, 3.8) is 0 Å². The minimum Gasteiger partial charge on any atom is -0.496 e. The third-order valence-electron chi connectivity index (χ3n) is 7.73. The van der Waals surface area contributed by atoms with E-state index in [1.165, 1.54) is 4.90 Å². The van der Waals surface area contributed by atoms with Gasteiger partial charge in [-0.1, -0.05) is 30.4 Å². The van der Waals surface area contributed by atoms with Crippen LogP contribution in [0.3, 0.4) is 0 Å². The highest BCUT2D eigenvalue weighted by atomic mass is 79.9. The van der Waals surface area contributed by atoms with Gasteiger partial charge in [0.15, 0.2) is 17.3 Å². The van der Waals surface area contributed by atoms with Gasteiger partial charge in [0.25, 0.3) is 0 Å². The van der Waals surface area contributed by atoms with Crippen LogP contribution in [0.25, 0.3) is 6.08 Å². The highest BCUT2D eigenvalue weighted by molar-refractivity contribution is 9.10. The molecule has 4 aliphatic rings. The summed E-state index contributed by atoms with van der Waals surface area (Å²) in [4.78, 5) is 45.4. The molecular weight excluding hydrogens is 552 g/mol. The first-order valence-corrected chi connectivity index (χ1v) is 13.0. The Morgan fingerprint density at radius 1 is 0.974 bits per heavy atom. The molecule has 4 aliphatic heterocycles. The SMILES string of the molecule is COc1ccc(C(=O)[C@@H]2[C@H]3C(=O)N(c4ccc5c(c4)OCO5)C(=O)[C@@H]3[C@H]3C=Cc4ccccc4N32)cc1Br. The van der Waals surface area contributed by atoms with Gasteiger partial charge in [0, 0.05) is 17.3 Å². The second kappa shape index (κ2) is 8.46. The van der Waals surface area contributed by atoms with Gasteiger partial charge in [0.2, 0.25) is 18.6 Å². The molecule has 2 fully saturated rings. The number of hydrogen-bond donors (Lipinski definition) is 0. The van der Waals surface area contributed by atoms with Crippen LogP contribution in [-0.4, -0.2) is 43.6 Å². The molecule has 4 atom stereocenters. The standard InChI is InChI=1S/C29H21BrN2O6/c1-36-21-10-7-16(12-18(21)30)27(33)26-25-24(20-9-6-15-4-2-3-5-19(15)32(20)26)28(34)31(29(25)35)17-8-11-22-23(13-17)38-14-37-22/h2-13,20,24-26H,14H2,1H3/t20-,24-,25+,26+/m1/s1. The number of methoxy groups -OCH3 is 1. The molecule has 0 unspecified atom stereocenters. The molecule has 0 bridgehead atoms. The zero-order chi connectivity index (χ0) is 26.1. The summed E-state index contributed by atoms with van der Waals surface area (Å²) >= 11 is 3.47. The van der Waals surface area contributed by atoms with Gasteiger partial charge >= 0.3 is 0 Å². The van der Waals surface area contributed by atoms with Crippen LogP contribution < -0.4 is 24.0 Å².